The molecule has 18 heavy (non-hydrogen) atoms. The van der Waals surface area contributed by atoms with E-state index in [1.54, 1.807) is 0 Å². The Kier molecular flexibility index (Phi) is 5.64. The second-order valence-electron chi connectivity index (χ2n) is 5.83. The van der Waals surface area contributed by atoms with Crippen LogP contribution < -0.4 is 0 Å². The van der Waals surface area contributed by atoms with Crippen molar-refractivity contribution in [3.63, 3.8) is 0 Å². The Bertz CT molecular complexity index is 258. The molecule has 3 heteroatoms. The topological polar surface area (TPSA) is 35.5 Å². The summed E-state index contributed by atoms with van der Waals surface area (Å²) in [5.74, 6) is 1.58. The van der Waals surface area contributed by atoms with Gasteiger partial charge in [0, 0.05) is 26.2 Å². The fourth-order valence-corrected chi connectivity index (χ4v) is 3.02. The van der Waals surface area contributed by atoms with Crippen molar-refractivity contribution in [2.75, 3.05) is 19.8 Å². The number of carbonyl (C=O) groups is 1. The van der Waals surface area contributed by atoms with Crippen molar-refractivity contribution in [1.82, 2.24) is 0 Å². The molecule has 104 valence electrons. The molecule has 2 aliphatic heterocycles. The molecule has 0 aromatic carbocycles. The van der Waals surface area contributed by atoms with Gasteiger partial charge in [-0.15, -0.1) is 0 Å². The standard InChI is InChI=1S/C15H26O3/c1-12-6-11-18-15(12)14(16)5-3-2-4-13-7-9-17-10-8-13/h12-13,15H,2-11H2,1H3. The van der Waals surface area contributed by atoms with Gasteiger partial charge in [-0.2, -0.15) is 0 Å². The fourth-order valence-electron chi connectivity index (χ4n) is 3.02. The Labute approximate surface area is 110 Å². The highest BCUT2D eigenvalue weighted by Gasteiger charge is 2.29. The summed E-state index contributed by atoms with van der Waals surface area (Å²) in [7, 11) is 0. The predicted octanol–water partition coefficient (Wildman–Crippen LogP) is 2.97. The minimum atomic E-state index is -0.104. The van der Waals surface area contributed by atoms with Gasteiger partial charge in [0.2, 0.25) is 0 Å². The molecule has 0 amide bonds. The van der Waals surface area contributed by atoms with Crippen molar-refractivity contribution in [1.29, 1.82) is 0 Å². The average Bonchev–Trinajstić information content (AvgIpc) is 2.82. The number of ether oxygens (including phenoxy) is 2. The van der Waals surface area contributed by atoms with E-state index in [1.165, 1.54) is 25.7 Å². The van der Waals surface area contributed by atoms with E-state index in [2.05, 4.69) is 6.92 Å². The summed E-state index contributed by atoms with van der Waals surface area (Å²) in [6.45, 7) is 4.74. The molecule has 0 spiro atoms. The zero-order valence-electron chi connectivity index (χ0n) is 11.5. The van der Waals surface area contributed by atoms with Crippen LogP contribution >= 0.6 is 0 Å². The Morgan fingerprint density at radius 3 is 2.56 bits per heavy atom. The van der Waals surface area contributed by atoms with Crippen LogP contribution in [0, 0.1) is 11.8 Å². The van der Waals surface area contributed by atoms with E-state index in [4.69, 9.17) is 9.47 Å². The molecular weight excluding hydrogens is 228 g/mol. The van der Waals surface area contributed by atoms with Gasteiger partial charge in [0.15, 0.2) is 5.78 Å². The van der Waals surface area contributed by atoms with E-state index in [-0.39, 0.29) is 6.10 Å². The molecule has 2 atom stereocenters. The highest BCUT2D eigenvalue weighted by Crippen LogP contribution is 2.24. The molecule has 0 aliphatic carbocycles. The zero-order valence-corrected chi connectivity index (χ0v) is 11.5. The van der Waals surface area contributed by atoms with Crippen molar-refractivity contribution in [2.24, 2.45) is 11.8 Å². The SMILES string of the molecule is CC1CCOC1C(=O)CCCCC1CCOCC1. The van der Waals surface area contributed by atoms with Gasteiger partial charge in [0.1, 0.15) is 6.10 Å². The van der Waals surface area contributed by atoms with Gasteiger partial charge in [0.05, 0.1) is 0 Å². The molecule has 0 radical (unpaired) electrons. The first-order valence-electron chi connectivity index (χ1n) is 7.49. The minimum Gasteiger partial charge on any atom is -0.381 e. The van der Waals surface area contributed by atoms with Crippen LogP contribution in [0.25, 0.3) is 0 Å². The summed E-state index contributed by atoms with van der Waals surface area (Å²) in [5.41, 5.74) is 0. The van der Waals surface area contributed by atoms with Crippen LogP contribution in [0.5, 0.6) is 0 Å². The summed E-state index contributed by atoms with van der Waals surface area (Å²) in [6, 6.07) is 0. The predicted molar refractivity (Wildman–Crippen MR) is 70.5 cm³/mol. The molecule has 0 N–H and O–H groups in total. The van der Waals surface area contributed by atoms with Crippen LogP contribution in [0.4, 0.5) is 0 Å². The number of Topliss-reactive ketones (excluding diaryl/α,β-unsaturated/α-hetero) is 1. The average molecular weight is 254 g/mol. The Morgan fingerprint density at radius 2 is 1.89 bits per heavy atom. The number of ketones is 1. The zero-order chi connectivity index (χ0) is 12.8. The van der Waals surface area contributed by atoms with Gasteiger partial charge < -0.3 is 9.47 Å². The third kappa shape index (κ3) is 4.06. The maximum absolute atomic E-state index is 12.0. The normalized spacial score (nSPS) is 29.6. The molecule has 0 saturated carbocycles. The summed E-state index contributed by atoms with van der Waals surface area (Å²) >= 11 is 0. The van der Waals surface area contributed by atoms with E-state index >= 15 is 0 Å². The first-order chi connectivity index (χ1) is 8.77. The molecule has 0 aromatic heterocycles. The third-order valence-electron chi connectivity index (χ3n) is 4.33. The second kappa shape index (κ2) is 7.25. The summed E-state index contributed by atoms with van der Waals surface area (Å²) in [5, 5.41) is 0. The van der Waals surface area contributed by atoms with Gasteiger partial charge in [-0.1, -0.05) is 19.8 Å². The first-order valence-corrected chi connectivity index (χ1v) is 7.49. The van der Waals surface area contributed by atoms with Crippen LogP contribution in [0.1, 0.15) is 51.9 Å². The lowest BCUT2D eigenvalue weighted by Gasteiger charge is -2.21. The maximum atomic E-state index is 12.0. The molecule has 3 nitrogen and oxygen atoms in total. The monoisotopic (exact) mass is 254 g/mol. The maximum Gasteiger partial charge on any atom is 0.161 e. The highest BCUT2D eigenvalue weighted by molar-refractivity contribution is 5.83. The van der Waals surface area contributed by atoms with Gasteiger partial charge in [0.25, 0.3) is 0 Å². The third-order valence-corrected chi connectivity index (χ3v) is 4.33. The van der Waals surface area contributed by atoms with E-state index in [9.17, 15) is 4.79 Å². The van der Waals surface area contributed by atoms with Gasteiger partial charge in [-0.05, 0) is 37.5 Å². The lowest BCUT2D eigenvalue weighted by atomic mass is 9.92. The largest absolute Gasteiger partial charge is 0.381 e. The van der Waals surface area contributed by atoms with Crippen molar-refractivity contribution in [3.05, 3.63) is 0 Å². The first kappa shape index (κ1) is 14.0. The smallest absolute Gasteiger partial charge is 0.161 e. The van der Waals surface area contributed by atoms with Crippen molar-refractivity contribution in [2.45, 2.75) is 58.0 Å². The van der Waals surface area contributed by atoms with Crippen molar-refractivity contribution in [3.8, 4) is 0 Å². The van der Waals surface area contributed by atoms with E-state index in [1.807, 2.05) is 0 Å². The van der Waals surface area contributed by atoms with E-state index in [0.29, 0.717) is 18.1 Å². The molecule has 0 aromatic rings. The Hall–Kier alpha value is -0.410. The highest BCUT2D eigenvalue weighted by atomic mass is 16.5. The van der Waals surface area contributed by atoms with Crippen LogP contribution in [0.15, 0.2) is 0 Å². The lowest BCUT2D eigenvalue weighted by molar-refractivity contribution is -0.129. The lowest BCUT2D eigenvalue weighted by Crippen LogP contribution is -2.24. The summed E-state index contributed by atoms with van der Waals surface area (Å²) in [4.78, 5) is 12.0. The molecule has 2 rings (SSSR count). The van der Waals surface area contributed by atoms with Gasteiger partial charge in [-0.25, -0.2) is 0 Å². The fraction of sp³-hybridized carbons (Fsp3) is 0.933. The Balaban J connectivity index is 1.56. The second-order valence-corrected chi connectivity index (χ2v) is 5.83. The van der Waals surface area contributed by atoms with Crippen LogP contribution in [-0.4, -0.2) is 31.7 Å². The number of hydrogen-bond donors (Lipinski definition) is 0. The molecular formula is C15H26O3. The minimum absolute atomic E-state index is 0.104. The molecule has 2 aliphatic rings. The summed E-state index contributed by atoms with van der Waals surface area (Å²) < 4.78 is 10.9. The van der Waals surface area contributed by atoms with Gasteiger partial charge in [-0.3, -0.25) is 4.79 Å². The molecule has 2 saturated heterocycles. The van der Waals surface area contributed by atoms with E-state index in [0.717, 1.165) is 38.6 Å². The number of hydrogen-bond acceptors (Lipinski definition) is 3. The van der Waals surface area contributed by atoms with Crippen LogP contribution in [-0.2, 0) is 14.3 Å². The molecule has 0 bridgehead atoms. The molecule has 2 fully saturated rings. The number of carbonyl (C=O) groups excluding carboxylic acids is 1. The van der Waals surface area contributed by atoms with Crippen LogP contribution in [0.3, 0.4) is 0 Å². The molecule has 2 heterocycles. The molecule has 2 unspecified atom stereocenters. The van der Waals surface area contributed by atoms with Crippen molar-refractivity contribution < 1.29 is 14.3 Å². The van der Waals surface area contributed by atoms with Crippen molar-refractivity contribution >= 4 is 5.78 Å². The number of rotatable bonds is 6. The quantitative estimate of drug-likeness (QED) is 0.684. The van der Waals surface area contributed by atoms with Gasteiger partial charge >= 0.3 is 0 Å². The summed E-state index contributed by atoms with van der Waals surface area (Å²) in [6.07, 6.45) is 7.52. The van der Waals surface area contributed by atoms with Crippen LogP contribution in [0.2, 0.25) is 0 Å². The van der Waals surface area contributed by atoms with E-state index < -0.39 is 0 Å². The number of unbranched alkanes of at least 4 members (excludes halogenated alkanes) is 1. The Morgan fingerprint density at radius 1 is 1.11 bits per heavy atom.